The van der Waals surface area contributed by atoms with Gasteiger partial charge < -0.3 is 14.9 Å². The first-order valence-electron chi connectivity index (χ1n) is 6.11. The van der Waals surface area contributed by atoms with Crippen LogP contribution in [0.4, 0.5) is 0 Å². The molecule has 4 heteroatoms. The van der Waals surface area contributed by atoms with E-state index in [9.17, 15) is 0 Å². The molecule has 2 aromatic heterocycles. The van der Waals surface area contributed by atoms with E-state index in [0.29, 0.717) is 18.8 Å². The van der Waals surface area contributed by atoms with Crippen molar-refractivity contribution >= 4 is 5.65 Å². The van der Waals surface area contributed by atoms with Crippen molar-refractivity contribution in [1.29, 1.82) is 0 Å². The van der Waals surface area contributed by atoms with E-state index in [4.69, 9.17) is 10.5 Å². The Labute approximate surface area is 100 Å². The predicted molar refractivity (Wildman–Crippen MR) is 65.6 cm³/mol. The van der Waals surface area contributed by atoms with Crippen LogP contribution in [0.1, 0.15) is 25.0 Å². The zero-order valence-electron chi connectivity index (χ0n) is 9.75. The molecular formula is C13H17N3O. The van der Waals surface area contributed by atoms with Crippen molar-refractivity contribution in [2.24, 2.45) is 5.73 Å². The summed E-state index contributed by atoms with van der Waals surface area (Å²) in [5, 5.41) is 0. The van der Waals surface area contributed by atoms with E-state index in [2.05, 4.69) is 4.98 Å². The summed E-state index contributed by atoms with van der Waals surface area (Å²) in [7, 11) is 0. The Bertz CT molecular complexity index is 475. The number of hydrogen-bond donors (Lipinski definition) is 1. The lowest BCUT2D eigenvalue weighted by Crippen LogP contribution is -2.17. The second-order valence-corrected chi connectivity index (χ2v) is 4.70. The van der Waals surface area contributed by atoms with E-state index in [-0.39, 0.29) is 0 Å². The average Bonchev–Trinajstić information content (AvgIpc) is 2.91. The van der Waals surface area contributed by atoms with Gasteiger partial charge in [-0.3, -0.25) is 0 Å². The Morgan fingerprint density at radius 3 is 3.12 bits per heavy atom. The van der Waals surface area contributed by atoms with Crippen molar-refractivity contribution in [2.75, 3.05) is 0 Å². The number of pyridine rings is 1. The molecule has 1 fully saturated rings. The molecule has 1 saturated carbocycles. The number of imidazole rings is 1. The minimum Gasteiger partial charge on any atom is -0.372 e. The summed E-state index contributed by atoms with van der Waals surface area (Å²) in [6, 6.07) is 6.30. The van der Waals surface area contributed by atoms with Crippen LogP contribution in [0, 0.1) is 0 Å². The summed E-state index contributed by atoms with van der Waals surface area (Å²) in [4.78, 5) is 4.50. The lowest BCUT2D eigenvalue weighted by atomic mass is 10.3. The Balaban J connectivity index is 1.65. The van der Waals surface area contributed by atoms with Gasteiger partial charge in [-0.1, -0.05) is 6.07 Å². The van der Waals surface area contributed by atoms with Gasteiger partial charge in [-0.05, 0) is 31.4 Å². The van der Waals surface area contributed by atoms with Crippen LogP contribution < -0.4 is 5.73 Å². The molecule has 2 heterocycles. The molecule has 0 aromatic carbocycles. The van der Waals surface area contributed by atoms with Gasteiger partial charge in [0.1, 0.15) is 5.65 Å². The van der Waals surface area contributed by atoms with Crippen LogP contribution in [0.15, 0.2) is 30.6 Å². The van der Waals surface area contributed by atoms with Crippen molar-refractivity contribution in [3.05, 3.63) is 36.3 Å². The van der Waals surface area contributed by atoms with Gasteiger partial charge in [0.2, 0.25) is 0 Å². The quantitative estimate of drug-likeness (QED) is 0.875. The molecule has 0 saturated heterocycles. The molecule has 0 spiro atoms. The number of aromatic nitrogens is 2. The third-order valence-electron chi connectivity index (χ3n) is 3.31. The molecule has 90 valence electrons. The molecule has 2 atom stereocenters. The first-order valence-corrected chi connectivity index (χ1v) is 6.11. The van der Waals surface area contributed by atoms with E-state index in [1.165, 1.54) is 0 Å². The second kappa shape index (κ2) is 4.47. The maximum absolute atomic E-state index is 5.86. The molecule has 17 heavy (non-hydrogen) atoms. The molecule has 1 aliphatic carbocycles. The van der Waals surface area contributed by atoms with Crippen LogP contribution >= 0.6 is 0 Å². The van der Waals surface area contributed by atoms with Gasteiger partial charge in [-0.2, -0.15) is 0 Å². The fraction of sp³-hybridized carbons (Fsp3) is 0.462. The Morgan fingerprint density at radius 1 is 1.41 bits per heavy atom. The minimum atomic E-state index is 0.315. The molecule has 0 bridgehead atoms. The van der Waals surface area contributed by atoms with Gasteiger partial charge >= 0.3 is 0 Å². The molecule has 0 amide bonds. The van der Waals surface area contributed by atoms with E-state index in [1.807, 2.05) is 35.0 Å². The summed E-state index contributed by atoms with van der Waals surface area (Å²) < 4.78 is 7.85. The van der Waals surface area contributed by atoms with Crippen LogP contribution in [0.2, 0.25) is 0 Å². The molecule has 4 nitrogen and oxygen atoms in total. The van der Waals surface area contributed by atoms with E-state index in [0.717, 1.165) is 30.6 Å². The number of nitrogens with zero attached hydrogens (tertiary/aromatic N) is 2. The summed E-state index contributed by atoms with van der Waals surface area (Å²) >= 11 is 0. The van der Waals surface area contributed by atoms with Gasteiger partial charge in [0, 0.05) is 18.4 Å². The SMILES string of the molecule is NC1CCC(OCc2cn3ccccc3n2)C1. The molecular weight excluding hydrogens is 214 g/mol. The van der Waals surface area contributed by atoms with Crippen molar-refractivity contribution in [2.45, 2.75) is 38.0 Å². The van der Waals surface area contributed by atoms with E-state index in [1.54, 1.807) is 0 Å². The zero-order chi connectivity index (χ0) is 11.7. The molecule has 3 rings (SSSR count). The van der Waals surface area contributed by atoms with Crippen molar-refractivity contribution in [3.63, 3.8) is 0 Å². The monoisotopic (exact) mass is 231 g/mol. The lowest BCUT2D eigenvalue weighted by Gasteiger charge is -2.09. The predicted octanol–water partition coefficient (Wildman–Crippen LogP) is 1.73. The second-order valence-electron chi connectivity index (χ2n) is 4.70. The first kappa shape index (κ1) is 10.7. The largest absolute Gasteiger partial charge is 0.372 e. The number of ether oxygens (including phenoxy) is 1. The summed E-state index contributed by atoms with van der Waals surface area (Å²) in [5.74, 6) is 0. The molecule has 2 unspecified atom stereocenters. The minimum absolute atomic E-state index is 0.315. The maximum Gasteiger partial charge on any atom is 0.137 e. The highest BCUT2D eigenvalue weighted by atomic mass is 16.5. The van der Waals surface area contributed by atoms with Crippen LogP contribution in [0.5, 0.6) is 0 Å². The average molecular weight is 231 g/mol. The standard InChI is InChI=1S/C13H17N3O/c14-10-4-5-12(7-10)17-9-11-8-16-6-2-1-3-13(16)15-11/h1-3,6,8,10,12H,4-5,7,9,14H2. The zero-order valence-corrected chi connectivity index (χ0v) is 9.75. The number of nitrogens with two attached hydrogens (primary N) is 1. The first-order chi connectivity index (χ1) is 8.31. The van der Waals surface area contributed by atoms with Crippen LogP contribution in [0.25, 0.3) is 5.65 Å². The van der Waals surface area contributed by atoms with Crippen LogP contribution in [0.3, 0.4) is 0 Å². The third kappa shape index (κ3) is 2.33. The summed E-state index contributed by atoms with van der Waals surface area (Å²) in [6.07, 6.45) is 7.47. The maximum atomic E-state index is 5.86. The molecule has 0 aliphatic heterocycles. The Kier molecular flexibility index (Phi) is 2.82. The van der Waals surface area contributed by atoms with Gasteiger partial charge in [0.15, 0.2) is 0 Å². The van der Waals surface area contributed by atoms with Gasteiger partial charge in [0.05, 0.1) is 18.4 Å². The topological polar surface area (TPSA) is 52.5 Å². The Morgan fingerprint density at radius 2 is 2.35 bits per heavy atom. The number of hydrogen-bond acceptors (Lipinski definition) is 3. The van der Waals surface area contributed by atoms with Crippen molar-refractivity contribution < 1.29 is 4.74 Å². The fourth-order valence-corrected chi connectivity index (χ4v) is 2.38. The number of fused-ring (bicyclic) bond motifs is 1. The summed E-state index contributed by atoms with van der Waals surface area (Å²) in [6.45, 7) is 0.582. The number of rotatable bonds is 3. The normalized spacial score (nSPS) is 24.5. The smallest absolute Gasteiger partial charge is 0.137 e. The fourth-order valence-electron chi connectivity index (χ4n) is 2.38. The molecule has 2 N–H and O–H groups in total. The van der Waals surface area contributed by atoms with Crippen molar-refractivity contribution in [1.82, 2.24) is 9.38 Å². The van der Waals surface area contributed by atoms with Gasteiger partial charge in [-0.25, -0.2) is 4.98 Å². The van der Waals surface area contributed by atoms with Gasteiger partial charge in [0.25, 0.3) is 0 Å². The molecule has 1 aliphatic rings. The van der Waals surface area contributed by atoms with Crippen molar-refractivity contribution in [3.8, 4) is 0 Å². The Hall–Kier alpha value is -1.39. The highest BCUT2D eigenvalue weighted by molar-refractivity contribution is 5.39. The van der Waals surface area contributed by atoms with E-state index < -0.39 is 0 Å². The van der Waals surface area contributed by atoms with E-state index >= 15 is 0 Å². The highest BCUT2D eigenvalue weighted by Gasteiger charge is 2.22. The van der Waals surface area contributed by atoms with Crippen LogP contribution in [-0.2, 0) is 11.3 Å². The third-order valence-corrected chi connectivity index (χ3v) is 3.31. The molecule has 2 aromatic rings. The van der Waals surface area contributed by atoms with Gasteiger partial charge in [-0.15, -0.1) is 0 Å². The highest BCUT2D eigenvalue weighted by Crippen LogP contribution is 2.21. The van der Waals surface area contributed by atoms with Crippen LogP contribution in [-0.4, -0.2) is 21.5 Å². The summed E-state index contributed by atoms with van der Waals surface area (Å²) in [5.41, 5.74) is 7.81. The molecule has 0 radical (unpaired) electrons. The lowest BCUT2D eigenvalue weighted by molar-refractivity contribution is 0.0432.